The number of ether oxygens (including phenoxy) is 1. The van der Waals surface area contributed by atoms with Crippen molar-refractivity contribution in [3.8, 4) is 5.75 Å². The summed E-state index contributed by atoms with van der Waals surface area (Å²) in [5, 5.41) is 0. The van der Waals surface area contributed by atoms with Gasteiger partial charge in [0.05, 0.1) is 36.3 Å². The van der Waals surface area contributed by atoms with Gasteiger partial charge in [0, 0.05) is 18.3 Å². The van der Waals surface area contributed by atoms with Gasteiger partial charge in [-0.1, -0.05) is 0 Å². The van der Waals surface area contributed by atoms with Gasteiger partial charge < -0.3 is 9.30 Å². The molecular weight excluding hydrogens is 295 g/mol. The van der Waals surface area contributed by atoms with Gasteiger partial charge in [-0.25, -0.2) is 19.3 Å². The predicted molar refractivity (Wildman–Crippen MR) is 76.9 cm³/mol. The van der Waals surface area contributed by atoms with Gasteiger partial charge in [-0.15, -0.1) is 11.6 Å². The van der Waals surface area contributed by atoms with E-state index in [9.17, 15) is 4.39 Å². The molecular formula is C14H12ClFN4O. The second-order valence-corrected chi connectivity index (χ2v) is 4.69. The van der Waals surface area contributed by atoms with E-state index in [0.29, 0.717) is 17.9 Å². The van der Waals surface area contributed by atoms with Crippen LogP contribution in [-0.4, -0.2) is 26.6 Å². The van der Waals surface area contributed by atoms with Gasteiger partial charge in [0.2, 0.25) is 0 Å². The van der Waals surface area contributed by atoms with E-state index in [2.05, 4.69) is 15.0 Å². The molecule has 5 nitrogen and oxygen atoms in total. The Balaban J connectivity index is 2.15. The van der Waals surface area contributed by atoms with Crippen molar-refractivity contribution in [3.05, 3.63) is 48.1 Å². The van der Waals surface area contributed by atoms with Gasteiger partial charge in [-0.05, 0) is 6.07 Å². The molecule has 0 N–H and O–H groups in total. The highest BCUT2D eigenvalue weighted by Gasteiger charge is 2.14. The van der Waals surface area contributed by atoms with Crippen LogP contribution >= 0.6 is 11.6 Å². The zero-order chi connectivity index (χ0) is 14.8. The highest BCUT2D eigenvalue weighted by Crippen LogP contribution is 2.26. The fourth-order valence-corrected chi connectivity index (χ4v) is 2.39. The molecule has 2 heterocycles. The van der Waals surface area contributed by atoms with Crippen LogP contribution in [0.4, 0.5) is 4.39 Å². The third-order valence-corrected chi connectivity index (χ3v) is 3.42. The van der Waals surface area contributed by atoms with Gasteiger partial charge in [0.1, 0.15) is 12.2 Å². The summed E-state index contributed by atoms with van der Waals surface area (Å²) in [5.41, 5.74) is 2.11. The molecule has 1 aromatic carbocycles. The van der Waals surface area contributed by atoms with Gasteiger partial charge in [0.25, 0.3) is 0 Å². The molecule has 7 heteroatoms. The van der Waals surface area contributed by atoms with E-state index in [1.807, 2.05) is 10.6 Å². The predicted octanol–water partition coefficient (Wildman–Crippen LogP) is 2.76. The van der Waals surface area contributed by atoms with Gasteiger partial charge >= 0.3 is 0 Å². The number of benzene rings is 1. The van der Waals surface area contributed by atoms with Crippen molar-refractivity contribution >= 4 is 22.6 Å². The largest absolute Gasteiger partial charge is 0.494 e. The molecule has 0 fully saturated rings. The molecule has 0 aliphatic carbocycles. The summed E-state index contributed by atoms with van der Waals surface area (Å²) >= 11 is 5.94. The molecule has 0 spiro atoms. The minimum atomic E-state index is -0.446. The second-order valence-electron chi connectivity index (χ2n) is 4.42. The number of alkyl halides is 1. The number of rotatable bonds is 4. The summed E-state index contributed by atoms with van der Waals surface area (Å²) in [6, 6.07) is 4.78. The molecule has 0 saturated heterocycles. The van der Waals surface area contributed by atoms with Crippen LogP contribution in [0.5, 0.6) is 5.75 Å². The SMILES string of the molecule is COc1cc2c(cc1F)nc(CCl)n2Cc1ccncn1. The Labute approximate surface area is 125 Å². The third-order valence-electron chi connectivity index (χ3n) is 3.18. The van der Waals surface area contributed by atoms with Crippen LogP contribution in [0.25, 0.3) is 11.0 Å². The molecule has 3 aromatic rings. The third kappa shape index (κ3) is 2.54. The lowest BCUT2D eigenvalue weighted by Crippen LogP contribution is -2.05. The summed E-state index contributed by atoms with van der Waals surface area (Å²) in [7, 11) is 1.43. The molecule has 21 heavy (non-hydrogen) atoms. The van der Waals surface area contributed by atoms with E-state index >= 15 is 0 Å². The number of fused-ring (bicyclic) bond motifs is 1. The highest BCUT2D eigenvalue weighted by atomic mass is 35.5. The maximum Gasteiger partial charge on any atom is 0.167 e. The second kappa shape index (κ2) is 5.65. The Morgan fingerprint density at radius 3 is 2.90 bits per heavy atom. The molecule has 0 bridgehead atoms. The van der Waals surface area contributed by atoms with Crippen molar-refractivity contribution in [3.63, 3.8) is 0 Å². The molecule has 2 aromatic heterocycles. The Kier molecular flexibility index (Phi) is 3.70. The Bertz CT molecular complexity index is 775. The first-order valence-corrected chi connectivity index (χ1v) is 6.80. The van der Waals surface area contributed by atoms with E-state index < -0.39 is 5.82 Å². The Morgan fingerprint density at radius 2 is 2.24 bits per heavy atom. The molecule has 0 aliphatic rings. The van der Waals surface area contributed by atoms with E-state index in [1.54, 1.807) is 12.3 Å². The van der Waals surface area contributed by atoms with Crippen LogP contribution in [0, 0.1) is 5.82 Å². The van der Waals surface area contributed by atoms with Crippen LogP contribution in [0.3, 0.4) is 0 Å². The zero-order valence-corrected chi connectivity index (χ0v) is 12.0. The molecule has 0 saturated carbocycles. The van der Waals surface area contributed by atoms with E-state index in [1.165, 1.54) is 19.5 Å². The maximum atomic E-state index is 13.8. The summed E-state index contributed by atoms with van der Waals surface area (Å²) in [5.74, 6) is 0.604. The molecule has 0 atom stereocenters. The molecule has 0 aliphatic heterocycles. The first-order chi connectivity index (χ1) is 10.2. The van der Waals surface area contributed by atoms with Crippen LogP contribution in [0.2, 0.25) is 0 Å². The monoisotopic (exact) mass is 306 g/mol. The van der Waals surface area contributed by atoms with E-state index in [4.69, 9.17) is 16.3 Å². The number of imidazole rings is 1. The number of nitrogens with zero attached hydrogens (tertiary/aromatic N) is 4. The molecule has 0 radical (unpaired) electrons. The molecule has 3 rings (SSSR count). The standard InChI is InChI=1S/C14H12ClFN4O/c1-21-13-5-12-11(4-10(13)16)19-14(6-15)20(12)7-9-2-3-17-8-18-9/h2-5,8H,6-7H2,1H3. The van der Waals surface area contributed by atoms with Crippen molar-refractivity contribution in [2.75, 3.05) is 7.11 Å². The van der Waals surface area contributed by atoms with Crippen LogP contribution in [0.15, 0.2) is 30.7 Å². The van der Waals surface area contributed by atoms with Crippen molar-refractivity contribution in [2.45, 2.75) is 12.4 Å². The lowest BCUT2D eigenvalue weighted by molar-refractivity contribution is 0.387. The van der Waals surface area contributed by atoms with Gasteiger partial charge in [0.15, 0.2) is 11.6 Å². The number of aromatic nitrogens is 4. The average Bonchev–Trinajstić information content (AvgIpc) is 2.84. The van der Waals surface area contributed by atoms with Crippen LogP contribution in [-0.2, 0) is 12.4 Å². The number of halogens is 2. The summed E-state index contributed by atoms with van der Waals surface area (Å²) in [6.45, 7) is 0.482. The van der Waals surface area contributed by atoms with Crippen molar-refractivity contribution in [1.29, 1.82) is 0 Å². The Hall–Kier alpha value is -2.21. The first-order valence-electron chi connectivity index (χ1n) is 6.26. The molecule has 0 amide bonds. The smallest absolute Gasteiger partial charge is 0.167 e. The van der Waals surface area contributed by atoms with Crippen LogP contribution in [0.1, 0.15) is 11.5 Å². The lowest BCUT2D eigenvalue weighted by Gasteiger charge is -2.08. The highest BCUT2D eigenvalue weighted by molar-refractivity contribution is 6.16. The van der Waals surface area contributed by atoms with Gasteiger partial charge in [-0.2, -0.15) is 0 Å². The number of methoxy groups -OCH3 is 1. The quantitative estimate of drug-likeness (QED) is 0.696. The van der Waals surface area contributed by atoms with Crippen LogP contribution < -0.4 is 4.74 Å². The van der Waals surface area contributed by atoms with E-state index in [-0.39, 0.29) is 11.6 Å². The minimum Gasteiger partial charge on any atom is -0.494 e. The van der Waals surface area contributed by atoms with Crippen molar-refractivity contribution < 1.29 is 9.13 Å². The molecule has 108 valence electrons. The summed E-state index contributed by atoms with van der Waals surface area (Å²) in [6.07, 6.45) is 3.15. The topological polar surface area (TPSA) is 52.8 Å². The zero-order valence-electron chi connectivity index (χ0n) is 11.3. The summed E-state index contributed by atoms with van der Waals surface area (Å²) < 4.78 is 20.7. The van der Waals surface area contributed by atoms with Crippen molar-refractivity contribution in [2.24, 2.45) is 0 Å². The summed E-state index contributed by atoms with van der Waals surface area (Å²) in [4.78, 5) is 12.4. The average molecular weight is 307 g/mol. The van der Waals surface area contributed by atoms with Gasteiger partial charge in [-0.3, -0.25) is 0 Å². The maximum absolute atomic E-state index is 13.8. The number of hydrogen-bond acceptors (Lipinski definition) is 4. The lowest BCUT2D eigenvalue weighted by atomic mass is 10.2. The normalized spacial score (nSPS) is 11.0. The van der Waals surface area contributed by atoms with Crippen molar-refractivity contribution in [1.82, 2.24) is 19.5 Å². The fourth-order valence-electron chi connectivity index (χ4n) is 2.18. The minimum absolute atomic E-state index is 0.174. The molecule has 0 unspecified atom stereocenters. The fraction of sp³-hybridized carbons (Fsp3) is 0.214. The van der Waals surface area contributed by atoms with E-state index in [0.717, 1.165) is 11.2 Å². The Morgan fingerprint density at radius 1 is 1.38 bits per heavy atom. The number of hydrogen-bond donors (Lipinski definition) is 0. The first kappa shape index (κ1) is 13.8.